The largest absolute Gasteiger partial charge is 0.419 e. The summed E-state index contributed by atoms with van der Waals surface area (Å²) in [5.41, 5.74) is 0.264. The number of benzene rings is 1. The van der Waals surface area contributed by atoms with E-state index >= 15 is 0 Å². The summed E-state index contributed by atoms with van der Waals surface area (Å²) >= 11 is 3.34. The van der Waals surface area contributed by atoms with Crippen LogP contribution in [-0.2, 0) is 12.7 Å². The van der Waals surface area contributed by atoms with Crippen LogP contribution in [0.3, 0.4) is 0 Å². The maximum absolute atomic E-state index is 12.7. The third-order valence-electron chi connectivity index (χ3n) is 3.09. The van der Waals surface area contributed by atoms with Crippen molar-refractivity contribution in [3.05, 3.63) is 52.1 Å². The summed E-state index contributed by atoms with van der Waals surface area (Å²) in [6.07, 6.45) is -2.67. The quantitative estimate of drug-likeness (QED) is 0.680. The summed E-state index contributed by atoms with van der Waals surface area (Å²) in [6, 6.07) is 4.76. The van der Waals surface area contributed by atoms with Gasteiger partial charge in [-0.05, 0) is 41.1 Å². The molecule has 0 bridgehead atoms. The Labute approximate surface area is 137 Å². The smallest absolute Gasteiger partial charge is 0.416 e. The zero-order valence-electron chi connectivity index (χ0n) is 11.8. The van der Waals surface area contributed by atoms with E-state index in [1.807, 2.05) is 6.92 Å². The van der Waals surface area contributed by atoms with E-state index in [2.05, 4.69) is 31.2 Å². The van der Waals surface area contributed by atoms with Crippen LogP contribution in [0.1, 0.15) is 17.1 Å². The lowest BCUT2D eigenvalue weighted by atomic mass is 10.1. The van der Waals surface area contributed by atoms with Crippen molar-refractivity contribution in [1.82, 2.24) is 20.0 Å². The molecule has 0 aliphatic carbocycles. The zero-order chi connectivity index (χ0) is 16.6. The van der Waals surface area contributed by atoms with Crippen molar-refractivity contribution in [3.63, 3.8) is 0 Å². The van der Waals surface area contributed by atoms with Crippen molar-refractivity contribution in [1.29, 1.82) is 0 Å². The minimum absolute atomic E-state index is 0.0362. The number of aryl methyl sites for hydroxylation is 1. The third-order valence-corrected chi connectivity index (χ3v) is 3.87. The molecule has 0 atom stereocenters. The minimum Gasteiger partial charge on any atom is -0.419 e. The SMILES string of the molecule is Cc1nn(Cc2nnc(-c3cccc(C(F)(F)F)c3)o2)cc1Br. The molecule has 0 radical (unpaired) electrons. The minimum atomic E-state index is -4.42. The summed E-state index contributed by atoms with van der Waals surface area (Å²) in [5, 5.41) is 11.9. The first-order valence-electron chi connectivity index (χ1n) is 6.52. The highest BCUT2D eigenvalue weighted by Crippen LogP contribution is 2.31. The van der Waals surface area contributed by atoms with Gasteiger partial charge >= 0.3 is 6.18 Å². The zero-order valence-corrected chi connectivity index (χ0v) is 13.4. The predicted octanol–water partition coefficient (Wildman–Crippen LogP) is 4.07. The van der Waals surface area contributed by atoms with E-state index in [1.54, 1.807) is 10.9 Å². The number of alkyl halides is 3. The highest BCUT2D eigenvalue weighted by molar-refractivity contribution is 9.10. The second-order valence-electron chi connectivity index (χ2n) is 4.84. The molecular weight excluding hydrogens is 377 g/mol. The molecule has 0 N–H and O–H groups in total. The Balaban J connectivity index is 1.84. The molecule has 0 amide bonds. The Morgan fingerprint density at radius 3 is 2.70 bits per heavy atom. The normalized spacial score (nSPS) is 11.9. The Hall–Kier alpha value is -2.16. The Kier molecular flexibility index (Phi) is 3.97. The van der Waals surface area contributed by atoms with Gasteiger partial charge in [-0.1, -0.05) is 6.07 Å². The summed E-state index contributed by atoms with van der Waals surface area (Å²) in [4.78, 5) is 0. The first-order chi connectivity index (χ1) is 10.8. The van der Waals surface area contributed by atoms with Crippen molar-refractivity contribution in [2.75, 3.05) is 0 Å². The second kappa shape index (κ2) is 5.80. The molecular formula is C14H10BrF3N4O. The van der Waals surface area contributed by atoms with Gasteiger partial charge in [0.25, 0.3) is 0 Å². The number of nitrogens with zero attached hydrogens (tertiary/aromatic N) is 4. The van der Waals surface area contributed by atoms with E-state index in [0.29, 0.717) is 0 Å². The molecule has 0 spiro atoms. The van der Waals surface area contributed by atoms with E-state index in [9.17, 15) is 13.2 Å². The fourth-order valence-corrected chi connectivity index (χ4v) is 2.29. The molecule has 120 valence electrons. The van der Waals surface area contributed by atoms with Gasteiger partial charge in [0.1, 0.15) is 6.54 Å². The molecule has 5 nitrogen and oxygen atoms in total. The van der Waals surface area contributed by atoms with E-state index in [1.165, 1.54) is 12.1 Å². The van der Waals surface area contributed by atoms with Crippen LogP contribution in [0.5, 0.6) is 0 Å². The summed E-state index contributed by atoms with van der Waals surface area (Å²) in [5.74, 6) is 0.293. The highest BCUT2D eigenvalue weighted by Gasteiger charge is 2.30. The predicted molar refractivity (Wildman–Crippen MR) is 78.5 cm³/mol. The number of aromatic nitrogens is 4. The van der Waals surface area contributed by atoms with Gasteiger partial charge in [0, 0.05) is 11.8 Å². The second-order valence-corrected chi connectivity index (χ2v) is 5.69. The van der Waals surface area contributed by atoms with Crippen LogP contribution < -0.4 is 0 Å². The first kappa shape index (κ1) is 15.7. The molecule has 0 aliphatic heterocycles. The molecule has 2 aromatic heterocycles. The molecule has 0 fully saturated rings. The van der Waals surface area contributed by atoms with E-state index in [-0.39, 0.29) is 23.9 Å². The maximum atomic E-state index is 12.7. The standard InChI is InChI=1S/C14H10BrF3N4O/c1-8-11(15)6-22(21-8)7-12-19-20-13(23-12)9-3-2-4-10(5-9)14(16,17)18/h2-6H,7H2,1H3. The first-order valence-corrected chi connectivity index (χ1v) is 7.32. The van der Waals surface area contributed by atoms with Gasteiger partial charge in [-0.2, -0.15) is 18.3 Å². The average molecular weight is 387 g/mol. The lowest BCUT2D eigenvalue weighted by Crippen LogP contribution is -2.04. The van der Waals surface area contributed by atoms with Crippen molar-refractivity contribution >= 4 is 15.9 Å². The topological polar surface area (TPSA) is 56.7 Å². The summed E-state index contributed by atoms with van der Waals surface area (Å²) < 4.78 is 46.1. The summed E-state index contributed by atoms with van der Waals surface area (Å²) in [7, 11) is 0. The van der Waals surface area contributed by atoms with E-state index in [0.717, 1.165) is 22.3 Å². The van der Waals surface area contributed by atoms with Gasteiger partial charge in [0.15, 0.2) is 0 Å². The average Bonchev–Trinajstić information content (AvgIpc) is 3.06. The molecule has 2 heterocycles. The molecule has 1 aromatic carbocycles. The molecule has 0 unspecified atom stereocenters. The lowest BCUT2D eigenvalue weighted by Gasteiger charge is -2.06. The van der Waals surface area contributed by atoms with Gasteiger partial charge in [0.05, 0.1) is 15.7 Å². The van der Waals surface area contributed by atoms with Gasteiger partial charge in [0.2, 0.25) is 11.8 Å². The lowest BCUT2D eigenvalue weighted by molar-refractivity contribution is -0.137. The molecule has 0 saturated heterocycles. The monoisotopic (exact) mass is 386 g/mol. The van der Waals surface area contributed by atoms with E-state index < -0.39 is 11.7 Å². The van der Waals surface area contributed by atoms with E-state index in [4.69, 9.17) is 4.42 Å². The number of rotatable bonds is 3. The van der Waals surface area contributed by atoms with Crippen molar-refractivity contribution in [2.24, 2.45) is 0 Å². The molecule has 3 aromatic rings. The van der Waals surface area contributed by atoms with Crippen molar-refractivity contribution in [3.8, 4) is 11.5 Å². The van der Waals surface area contributed by atoms with Crippen LogP contribution >= 0.6 is 15.9 Å². The van der Waals surface area contributed by atoms with Gasteiger partial charge in [-0.15, -0.1) is 10.2 Å². The fourth-order valence-electron chi connectivity index (χ4n) is 1.98. The van der Waals surface area contributed by atoms with Crippen LogP contribution in [0.25, 0.3) is 11.5 Å². The Bertz CT molecular complexity index is 821. The van der Waals surface area contributed by atoms with Crippen molar-refractivity contribution < 1.29 is 17.6 Å². The van der Waals surface area contributed by atoms with Crippen LogP contribution in [-0.4, -0.2) is 20.0 Å². The van der Waals surface area contributed by atoms with Gasteiger partial charge < -0.3 is 4.42 Å². The Morgan fingerprint density at radius 1 is 1.26 bits per heavy atom. The number of hydrogen-bond donors (Lipinski definition) is 0. The Morgan fingerprint density at radius 2 is 2.04 bits per heavy atom. The highest BCUT2D eigenvalue weighted by atomic mass is 79.9. The van der Waals surface area contributed by atoms with Gasteiger partial charge in [-0.25, -0.2) is 0 Å². The van der Waals surface area contributed by atoms with Crippen LogP contribution in [0.15, 0.2) is 39.4 Å². The summed E-state index contributed by atoms with van der Waals surface area (Å²) in [6.45, 7) is 2.07. The molecule has 0 aliphatic rings. The molecule has 23 heavy (non-hydrogen) atoms. The molecule has 3 rings (SSSR count). The van der Waals surface area contributed by atoms with Crippen LogP contribution in [0, 0.1) is 6.92 Å². The molecule has 9 heteroatoms. The van der Waals surface area contributed by atoms with Crippen LogP contribution in [0.2, 0.25) is 0 Å². The van der Waals surface area contributed by atoms with Crippen LogP contribution in [0.4, 0.5) is 13.2 Å². The van der Waals surface area contributed by atoms with Crippen molar-refractivity contribution in [2.45, 2.75) is 19.6 Å². The van der Waals surface area contributed by atoms with Gasteiger partial charge in [-0.3, -0.25) is 4.68 Å². The fraction of sp³-hybridized carbons (Fsp3) is 0.214. The number of halogens is 4. The third kappa shape index (κ3) is 3.44. The maximum Gasteiger partial charge on any atom is 0.416 e. The molecule has 0 saturated carbocycles. The number of hydrogen-bond acceptors (Lipinski definition) is 4.